The van der Waals surface area contributed by atoms with Crippen LogP contribution in [0, 0.1) is 0 Å². The lowest BCUT2D eigenvalue weighted by atomic mass is 10.1. The number of hydrogen-bond acceptors (Lipinski definition) is 7. The van der Waals surface area contributed by atoms with Crippen LogP contribution >= 0.6 is 0 Å². The van der Waals surface area contributed by atoms with Gasteiger partial charge in [-0.2, -0.15) is 0 Å². The van der Waals surface area contributed by atoms with Crippen molar-refractivity contribution in [1.82, 2.24) is 16.0 Å². The van der Waals surface area contributed by atoms with Crippen molar-refractivity contribution in [3.63, 3.8) is 0 Å². The highest BCUT2D eigenvalue weighted by molar-refractivity contribution is 5.93. The Balaban J connectivity index is 5.06. The van der Waals surface area contributed by atoms with E-state index in [1.165, 1.54) is 6.92 Å². The van der Waals surface area contributed by atoms with Crippen LogP contribution in [0.25, 0.3) is 0 Å². The van der Waals surface area contributed by atoms with E-state index in [1.54, 1.807) is 0 Å². The van der Waals surface area contributed by atoms with Gasteiger partial charge >= 0.3 is 5.97 Å². The molecule has 12 nitrogen and oxygen atoms in total. The average Bonchev–Trinajstić information content (AvgIpc) is 2.63. The van der Waals surface area contributed by atoms with Gasteiger partial charge in [0.2, 0.25) is 23.6 Å². The minimum absolute atomic E-state index is 0.125. The number of nitrogens with one attached hydrogen (secondary N) is 3. The van der Waals surface area contributed by atoms with Crippen molar-refractivity contribution >= 4 is 29.6 Å². The summed E-state index contributed by atoms with van der Waals surface area (Å²) >= 11 is 0. The van der Waals surface area contributed by atoms with E-state index in [9.17, 15) is 29.1 Å². The third kappa shape index (κ3) is 10.4. The molecule has 0 saturated heterocycles. The predicted molar refractivity (Wildman–Crippen MR) is 99.5 cm³/mol. The van der Waals surface area contributed by atoms with E-state index in [0.29, 0.717) is 19.4 Å². The molecule has 0 bridgehead atoms. The maximum absolute atomic E-state index is 12.5. The van der Waals surface area contributed by atoms with Crippen molar-refractivity contribution < 1.29 is 29.1 Å². The first kappa shape index (κ1) is 25.3. The molecule has 0 fully saturated rings. The highest BCUT2D eigenvalue weighted by Gasteiger charge is 2.28. The molecule has 10 N–H and O–H groups in total. The molecule has 0 aromatic rings. The van der Waals surface area contributed by atoms with Crippen LogP contribution in [0.2, 0.25) is 0 Å². The molecule has 0 aromatic carbocycles. The molecule has 0 radical (unpaired) electrons. The highest BCUT2D eigenvalue weighted by atomic mass is 16.4. The molecule has 3 unspecified atom stereocenters. The number of carboxylic acid groups (broad SMARTS) is 1. The Labute approximate surface area is 162 Å². The van der Waals surface area contributed by atoms with Crippen molar-refractivity contribution in [3.05, 3.63) is 0 Å². The second-order valence-electron chi connectivity index (χ2n) is 6.24. The van der Waals surface area contributed by atoms with Gasteiger partial charge in [-0.15, -0.1) is 0 Å². The van der Waals surface area contributed by atoms with Crippen LogP contribution < -0.4 is 33.2 Å². The lowest BCUT2D eigenvalue weighted by Crippen LogP contribution is -2.55. The van der Waals surface area contributed by atoms with Gasteiger partial charge in [-0.3, -0.25) is 19.2 Å². The number of hydrogen-bond donors (Lipinski definition) is 7. The van der Waals surface area contributed by atoms with E-state index < -0.39 is 47.7 Å². The van der Waals surface area contributed by atoms with Crippen LogP contribution in [-0.4, -0.2) is 65.9 Å². The van der Waals surface area contributed by atoms with E-state index in [4.69, 9.17) is 17.2 Å². The minimum atomic E-state index is -1.23. The maximum Gasteiger partial charge on any atom is 0.326 e. The number of unbranched alkanes of at least 4 members (excludes halogenated alkanes) is 1. The van der Waals surface area contributed by atoms with Gasteiger partial charge < -0.3 is 38.3 Å². The first-order valence-electron chi connectivity index (χ1n) is 8.93. The molecule has 0 aliphatic heterocycles. The van der Waals surface area contributed by atoms with Gasteiger partial charge in [-0.1, -0.05) is 0 Å². The number of amides is 4. The Hall–Kier alpha value is -2.73. The van der Waals surface area contributed by atoms with Gasteiger partial charge in [-0.05, 0) is 39.2 Å². The Morgan fingerprint density at radius 1 is 0.893 bits per heavy atom. The number of carbonyl (C=O) groups is 5. The highest BCUT2D eigenvalue weighted by Crippen LogP contribution is 2.04. The van der Waals surface area contributed by atoms with Gasteiger partial charge in [-0.25, -0.2) is 4.79 Å². The molecule has 0 aliphatic carbocycles. The number of nitrogens with two attached hydrogens (primary N) is 3. The van der Waals surface area contributed by atoms with Crippen molar-refractivity contribution in [3.8, 4) is 0 Å². The normalized spacial score (nSPS) is 13.7. The van der Waals surface area contributed by atoms with Crippen molar-refractivity contribution in [2.24, 2.45) is 17.2 Å². The number of primary amides is 1. The quantitative estimate of drug-likeness (QED) is 0.147. The zero-order valence-corrected chi connectivity index (χ0v) is 15.9. The first-order valence-corrected chi connectivity index (χ1v) is 8.93. The monoisotopic (exact) mass is 402 g/mol. The summed E-state index contributed by atoms with van der Waals surface area (Å²) in [5.74, 6) is -3.94. The number of rotatable bonds is 14. The van der Waals surface area contributed by atoms with Crippen LogP contribution in [0.15, 0.2) is 0 Å². The van der Waals surface area contributed by atoms with Gasteiger partial charge in [0.25, 0.3) is 0 Å². The summed E-state index contributed by atoms with van der Waals surface area (Å²) in [5.41, 5.74) is 15.6. The smallest absolute Gasteiger partial charge is 0.326 e. The van der Waals surface area contributed by atoms with E-state index >= 15 is 0 Å². The zero-order valence-electron chi connectivity index (χ0n) is 15.9. The summed E-state index contributed by atoms with van der Waals surface area (Å²) in [6.45, 7) is 1.47. The number of aliphatic carboxylic acids is 1. The minimum Gasteiger partial charge on any atom is -0.480 e. The number of carboxylic acids is 1. The third-order valence-electron chi connectivity index (χ3n) is 3.83. The Morgan fingerprint density at radius 2 is 1.50 bits per heavy atom. The standard InChI is InChI=1S/C16H30N6O6/c1-9(20-13(24)8-18)14(25)21-10(5-6-12(19)23)15(26)22-11(16(27)28)4-2-3-7-17/h9-11H,2-8,17-18H2,1H3,(H2,19,23)(H,20,24)(H,21,25)(H,22,26)(H,27,28). The lowest BCUT2D eigenvalue weighted by molar-refractivity contribution is -0.142. The summed E-state index contributed by atoms with van der Waals surface area (Å²) in [6.07, 6.45) is 0.929. The Morgan fingerprint density at radius 3 is 2.00 bits per heavy atom. The van der Waals surface area contributed by atoms with Crippen LogP contribution in [0.3, 0.4) is 0 Å². The predicted octanol–water partition coefficient (Wildman–Crippen LogP) is -3.10. The van der Waals surface area contributed by atoms with Gasteiger partial charge in [0.15, 0.2) is 0 Å². The largest absolute Gasteiger partial charge is 0.480 e. The SMILES string of the molecule is CC(NC(=O)CN)C(=O)NC(CCC(N)=O)C(=O)NC(CCCCN)C(=O)O. The van der Waals surface area contributed by atoms with Gasteiger partial charge in [0, 0.05) is 6.42 Å². The summed E-state index contributed by atoms with van der Waals surface area (Å²) in [5, 5.41) is 16.3. The fourth-order valence-electron chi connectivity index (χ4n) is 2.24. The first-order chi connectivity index (χ1) is 13.1. The van der Waals surface area contributed by atoms with Gasteiger partial charge in [0.05, 0.1) is 6.54 Å². The summed E-state index contributed by atoms with van der Waals surface area (Å²) in [4.78, 5) is 58.3. The van der Waals surface area contributed by atoms with Crippen molar-refractivity contribution in [2.75, 3.05) is 13.1 Å². The second kappa shape index (κ2) is 13.4. The molecule has 3 atom stereocenters. The molecule has 0 aromatic heterocycles. The summed E-state index contributed by atoms with van der Waals surface area (Å²) in [6, 6.07) is -3.35. The molecule has 0 rings (SSSR count). The Bertz CT molecular complexity index is 570. The second-order valence-corrected chi connectivity index (χ2v) is 6.24. The Kier molecular flexibility index (Phi) is 12.1. The van der Waals surface area contributed by atoms with Crippen LogP contribution in [0.1, 0.15) is 39.0 Å². The lowest BCUT2D eigenvalue weighted by Gasteiger charge is -2.23. The van der Waals surface area contributed by atoms with E-state index in [1.807, 2.05) is 0 Å². The molecule has 160 valence electrons. The molecule has 4 amide bonds. The fraction of sp³-hybridized carbons (Fsp3) is 0.688. The third-order valence-corrected chi connectivity index (χ3v) is 3.83. The van der Waals surface area contributed by atoms with Crippen LogP contribution in [-0.2, 0) is 24.0 Å². The number of carbonyl (C=O) groups excluding carboxylic acids is 4. The molecular formula is C16H30N6O6. The fourth-order valence-corrected chi connectivity index (χ4v) is 2.24. The summed E-state index contributed by atoms with van der Waals surface area (Å²) in [7, 11) is 0. The van der Waals surface area contributed by atoms with E-state index in [0.717, 1.165) is 0 Å². The van der Waals surface area contributed by atoms with Crippen LogP contribution in [0.4, 0.5) is 0 Å². The molecule has 0 saturated carbocycles. The molecule has 12 heteroatoms. The van der Waals surface area contributed by atoms with Crippen LogP contribution in [0.5, 0.6) is 0 Å². The molecule has 28 heavy (non-hydrogen) atoms. The van der Waals surface area contributed by atoms with Gasteiger partial charge in [0.1, 0.15) is 18.1 Å². The van der Waals surface area contributed by atoms with E-state index in [2.05, 4.69) is 16.0 Å². The molecular weight excluding hydrogens is 372 g/mol. The maximum atomic E-state index is 12.5. The summed E-state index contributed by atoms with van der Waals surface area (Å²) < 4.78 is 0. The van der Waals surface area contributed by atoms with E-state index in [-0.39, 0.29) is 25.8 Å². The molecule has 0 heterocycles. The topological polar surface area (TPSA) is 220 Å². The van der Waals surface area contributed by atoms with Crippen molar-refractivity contribution in [1.29, 1.82) is 0 Å². The zero-order chi connectivity index (χ0) is 21.7. The molecule has 0 spiro atoms. The van der Waals surface area contributed by atoms with Crippen molar-refractivity contribution in [2.45, 2.75) is 57.2 Å². The average molecular weight is 402 g/mol. The molecule has 0 aliphatic rings.